The zero-order valence-corrected chi connectivity index (χ0v) is 6.26. The second kappa shape index (κ2) is 3.16. The zero-order valence-electron chi connectivity index (χ0n) is 5.50. The number of rotatable bonds is 1. The molecule has 4 N–H and O–H groups in total. The van der Waals surface area contributed by atoms with Gasteiger partial charge in [0.1, 0.15) is 5.70 Å². The molecule has 11 heavy (non-hydrogen) atoms. The maximum absolute atomic E-state index is 7.22. The average Bonchev–Trinajstić information content (AvgIpc) is 2.36. The van der Waals surface area contributed by atoms with Crippen LogP contribution < -0.4 is 11.1 Å². The van der Waals surface area contributed by atoms with Crippen molar-refractivity contribution in [3.05, 3.63) is 11.5 Å². The molecule has 0 spiro atoms. The van der Waals surface area contributed by atoms with Crippen molar-refractivity contribution in [2.24, 2.45) is 15.7 Å². The molecule has 6 heteroatoms. The first-order valence-electron chi connectivity index (χ1n) is 2.76. The van der Waals surface area contributed by atoms with E-state index in [9.17, 15) is 0 Å². The van der Waals surface area contributed by atoms with E-state index < -0.39 is 0 Å². The highest BCUT2D eigenvalue weighted by Gasteiger charge is 2.11. The Kier molecular flexibility index (Phi) is 2.22. The monoisotopic (exact) mass is 171 g/mol. The molecule has 1 rings (SSSR count). The van der Waals surface area contributed by atoms with Gasteiger partial charge in [-0.25, -0.2) is 9.98 Å². The van der Waals surface area contributed by atoms with Crippen LogP contribution in [0.4, 0.5) is 0 Å². The molecule has 1 aliphatic rings. The molecule has 0 aromatic rings. The maximum Gasteiger partial charge on any atom is 0.154 e. The number of nitrogens with one attached hydrogen (secondary N) is 2. The summed E-state index contributed by atoms with van der Waals surface area (Å²) in [4.78, 5) is 7.32. The molecule has 0 unspecified atom stereocenters. The number of nitrogens with zero attached hydrogens (tertiary/aromatic N) is 2. The minimum atomic E-state index is 0.129. The molecule has 0 aromatic heterocycles. The fourth-order valence-corrected chi connectivity index (χ4v) is 0.707. The van der Waals surface area contributed by atoms with E-state index in [2.05, 4.69) is 15.3 Å². The molecule has 0 aromatic carbocycles. The number of hydrogen-bond acceptors (Lipinski definition) is 4. The highest BCUT2D eigenvalue weighted by atomic mass is 35.5. The average molecular weight is 172 g/mol. The SMILES string of the molecule is N=C1NC=N/C1=C(N)/N=C/Cl. The molecule has 5 nitrogen and oxygen atoms in total. The van der Waals surface area contributed by atoms with Crippen LogP contribution in [0.2, 0.25) is 0 Å². The van der Waals surface area contributed by atoms with Crippen molar-refractivity contribution in [2.75, 3.05) is 0 Å². The van der Waals surface area contributed by atoms with Crippen LogP contribution >= 0.6 is 11.6 Å². The maximum atomic E-state index is 7.22. The van der Waals surface area contributed by atoms with Crippen LogP contribution in [0.25, 0.3) is 0 Å². The van der Waals surface area contributed by atoms with Crippen LogP contribution in [0.3, 0.4) is 0 Å². The van der Waals surface area contributed by atoms with Crippen molar-refractivity contribution in [3.63, 3.8) is 0 Å². The smallest absolute Gasteiger partial charge is 0.154 e. The Balaban J connectivity index is 2.94. The second-order valence-electron chi connectivity index (χ2n) is 1.74. The van der Waals surface area contributed by atoms with E-state index in [1.807, 2.05) is 0 Å². The lowest BCUT2D eigenvalue weighted by atomic mass is 10.4. The predicted molar refractivity (Wildman–Crippen MR) is 44.9 cm³/mol. The van der Waals surface area contributed by atoms with Gasteiger partial charge in [0.15, 0.2) is 11.7 Å². The first-order chi connectivity index (χ1) is 5.25. The molecular formula is C5H6ClN5. The predicted octanol–water partition coefficient (Wildman–Crippen LogP) is -0.00993. The van der Waals surface area contributed by atoms with Gasteiger partial charge in [0.25, 0.3) is 0 Å². The van der Waals surface area contributed by atoms with Crippen LogP contribution in [0, 0.1) is 5.41 Å². The molecule has 0 fully saturated rings. The number of aliphatic imine (C=N–C) groups is 2. The molecular weight excluding hydrogens is 166 g/mol. The zero-order chi connectivity index (χ0) is 8.27. The molecule has 1 heterocycles. The van der Waals surface area contributed by atoms with Gasteiger partial charge < -0.3 is 11.1 Å². The fourth-order valence-electron chi connectivity index (χ4n) is 0.602. The Morgan fingerprint density at radius 2 is 2.64 bits per heavy atom. The summed E-state index contributed by atoms with van der Waals surface area (Å²) >= 11 is 5.17. The van der Waals surface area contributed by atoms with Crippen molar-refractivity contribution in [2.45, 2.75) is 0 Å². The van der Waals surface area contributed by atoms with Gasteiger partial charge in [-0.3, -0.25) is 5.41 Å². The molecule has 0 aliphatic carbocycles. The van der Waals surface area contributed by atoms with Crippen LogP contribution in [0.5, 0.6) is 0 Å². The Morgan fingerprint density at radius 3 is 3.09 bits per heavy atom. The summed E-state index contributed by atoms with van der Waals surface area (Å²) in [6, 6.07) is 0. The third-order valence-corrected chi connectivity index (χ3v) is 1.17. The van der Waals surface area contributed by atoms with E-state index in [1.54, 1.807) is 0 Å². The number of nitrogens with two attached hydrogens (primary N) is 1. The summed E-state index contributed by atoms with van der Waals surface area (Å²) in [5.74, 6) is 0.260. The lowest BCUT2D eigenvalue weighted by molar-refractivity contribution is 1.19. The van der Waals surface area contributed by atoms with Crippen molar-refractivity contribution in [1.82, 2.24) is 5.32 Å². The molecule has 0 atom stereocenters. The van der Waals surface area contributed by atoms with Crippen molar-refractivity contribution in [1.29, 1.82) is 5.41 Å². The Bertz CT molecular complexity index is 264. The third kappa shape index (κ3) is 1.56. The fraction of sp³-hybridized carbons (Fsp3) is 0. The number of amidine groups is 1. The molecule has 0 bridgehead atoms. The van der Waals surface area contributed by atoms with Gasteiger partial charge in [0.05, 0.1) is 12.0 Å². The quantitative estimate of drug-likeness (QED) is 0.485. The highest BCUT2D eigenvalue weighted by Crippen LogP contribution is 2.05. The number of hydrogen-bond donors (Lipinski definition) is 3. The minimum absolute atomic E-state index is 0.129. The topological polar surface area (TPSA) is 86.6 Å². The first kappa shape index (κ1) is 7.74. The van der Waals surface area contributed by atoms with Gasteiger partial charge in [0, 0.05) is 0 Å². The second-order valence-corrected chi connectivity index (χ2v) is 1.93. The summed E-state index contributed by atoms with van der Waals surface area (Å²) in [5, 5.41) is 9.77. The van der Waals surface area contributed by atoms with E-state index in [0.717, 1.165) is 5.67 Å². The molecule has 0 amide bonds. The van der Waals surface area contributed by atoms with Crippen LogP contribution in [-0.4, -0.2) is 17.8 Å². The standard InChI is InChI=1S/C5H6ClN5/c6-1-9-4(7)3-5(8)11-2-10-3/h1-2H,7H2,(H2,8,10,11)/b4-3+,9-1+. The normalized spacial score (nSPS) is 21.0. The molecule has 0 radical (unpaired) electrons. The van der Waals surface area contributed by atoms with Crippen LogP contribution in [0.15, 0.2) is 21.5 Å². The van der Waals surface area contributed by atoms with Gasteiger partial charge >= 0.3 is 0 Å². The molecule has 1 aliphatic heterocycles. The summed E-state index contributed by atoms with van der Waals surface area (Å²) in [6.45, 7) is 0. The van der Waals surface area contributed by atoms with Gasteiger partial charge in [-0.1, -0.05) is 11.6 Å². The lowest BCUT2D eigenvalue weighted by Crippen LogP contribution is -2.16. The summed E-state index contributed by atoms with van der Waals surface area (Å²) < 4.78 is 0. The van der Waals surface area contributed by atoms with Gasteiger partial charge in [-0.15, -0.1) is 0 Å². The summed E-state index contributed by atoms with van der Waals surface area (Å²) in [5.41, 5.74) is 6.72. The Labute approximate surface area is 68.2 Å². The third-order valence-electron chi connectivity index (χ3n) is 1.07. The van der Waals surface area contributed by atoms with Crippen LogP contribution in [-0.2, 0) is 0 Å². The van der Waals surface area contributed by atoms with E-state index in [4.69, 9.17) is 22.7 Å². The summed E-state index contributed by atoms with van der Waals surface area (Å²) in [6.07, 6.45) is 1.37. The molecule has 0 saturated carbocycles. The summed E-state index contributed by atoms with van der Waals surface area (Å²) in [7, 11) is 0. The van der Waals surface area contributed by atoms with Crippen molar-refractivity contribution >= 4 is 29.4 Å². The molecule has 58 valence electrons. The van der Waals surface area contributed by atoms with Gasteiger partial charge in [0.2, 0.25) is 0 Å². The van der Waals surface area contributed by atoms with Gasteiger partial charge in [-0.2, -0.15) is 0 Å². The van der Waals surface area contributed by atoms with E-state index in [0.29, 0.717) is 5.70 Å². The van der Waals surface area contributed by atoms with E-state index in [1.165, 1.54) is 6.34 Å². The minimum Gasteiger partial charge on any atom is -0.382 e. The van der Waals surface area contributed by atoms with Crippen LogP contribution in [0.1, 0.15) is 0 Å². The van der Waals surface area contributed by atoms with E-state index >= 15 is 0 Å². The molecule has 0 saturated heterocycles. The van der Waals surface area contributed by atoms with Crippen molar-refractivity contribution < 1.29 is 0 Å². The van der Waals surface area contributed by atoms with E-state index in [-0.39, 0.29) is 11.7 Å². The largest absolute Gasteiger partial charge is 0.382 e. The van der Waals surface area contributed by atoms with Gasteiger partial charge in [-0.05, 0) is 0 Å². The highest BCUT2D eigenvalue weighted by molar-refractivity contribution is 6.56. The Morgan fingerprint density at radius 1 is 1.91 bits per heavy atom. The Hall–Kier alpha value is -1.36. The van der Waals surface area contributed by atoms with Crippen molar-refractivity contribution in [3.8, 4) is 0 Å². The lowest BCUT2D eigenvalue weighted by Gasteiger charge is -1.95. The number of halogens is 1. The first-order valence-corrected chi connectivity index (χ1v) is 3.20.